The Hall–Kier alpha value is -2.39. The highest BCUT2D eigenvalue weighted by Crippen LogP contribution is 2.28. The third kappa shape index (κ3) is 3.10. The van der Waals surface area contributed by atoms with Crippen LogP contribution in [0.1, 0.15) is 17.5 Å². The fourth-order valence-corrected chi connectivity index (χ4v) is 3.06. The maximum Gasteiger partial charge on any atom is 0.333 e. The Morgan fingerprint density at radius 2 is 1.68 bits per heavy atom. The van der Waals surface area contributed by atoms with Crippen molar-refractivity contribution in [2.45, 2.75) is 18.9 Å². The molecule has 0 radical (unpaired) electrons. The van der Waals surface area contributed by atoms with E-state index < -0.39 is 5.97 Å². The van der Waals surface area contributed by atoms with Crippen LogP contribution in [0.25, 0.3) is 5.57 Å². The lowest BCUT2D eigenvalue weighted by atomic mass is 9.87. The van der Waals surface area contributed by atoms with E-state index in [-0.39, 0.29) is 6.04 Å². The lowest BCUT2D eigenvalue weighted by Gasteiger charge is -2.28. The first-order valence-electron chi connectivity index (χ1n) is 7.55. The number of nitrogens with one attached hydrogen (secondary N) is 1. The molecule has 112 valence electrons. The van der Waals surface area contributed by atoms with Crippen LogP contribution in [0.4, 0.5) is 0 Å². The Balaban J connectivity index is 1.98. The van der Waals surface area contributed by atoms with Crippen molar-refractivity contribution in [2.24, 2.45) is 0 Å². The van der Waals surface area contributed by atoms with Crippen LogP contribution in [0.2, 0.25) is 0 Å². The summed E-state index contributed by atoms with van der Waals surface area (Å²) in [4.78, 5) is 11.8. The van der Waals surface area contributed by atoms with Crippen molar-refractivity contribution in [3.8, 4) is 0 Å². The summed E-state index contributed by atoms with van der Waals surface area (Å²) in [6, 6.07) is 19.7. The standard InChI is InChI=1S/C19H19NO2/c21-19(22)18-16(15-9-5-2-6-10-15)11-12-20-17(18)13-14-7-3-1-4-8-14/h1-10,17,20H,11-13H2,(H,21,22). The monoisotopic (exact) mass is 293 g/mol. The van der Waals surface area contributed by atoms with Crippen LogP contribution in [-0.2, 0) is 11.2 Å². The Labute approximate surface area is 130 Å². The molecule has 2 aromatic carbocycles. The third-order valence-electron chi connectivity index (χ3n) is 4.07. The van der Waals surface area contributed by atoms with Crippen LogP contribution in [0.5, 0.6) is 0 Å². The molecule has 1 aliphatic heterocycles. The molecule has 1 unspecified atom stereocenters. The largest absolute Gasteiger partial charge is 0.478 e. The van der Waals surface area contributed by atoms with Crippen molar-refractivity contribution in [1.29, 1.82) is 0 Å². The van der Waals surface area contributed by atoms with Crippen molar-refractivity contribution >= 4 is 11.5 Å². The second-order valence-corrected chi connectivity index (χ2v) is 5.51. The molecule has 0 aromatic heterocycles. The molecule has 2 aromatic rings. The molecule has 0 fully saturated rings. The van der Waals surface area contributed by atoms with E-state index in [9.17, 15) is 9.90 Å². The predicted molar refractivity (Wildman–Crippen MR) is 87.6 cm³/mol. The molecule has 0 aliphatic carbocycles. The SMILES string of the molecule is O=C(O)C1=C(c2ccccc2)CCNC1Cc1ccccc1. The Bertz CT molecular complexity index is 677. The topological polar surface area (TPSA) is 49.3 Å². The minimum Gasteiger partial charge on any atom is -0.478 e. The van der Waals surface area contributed by atoms with Gasteiger partial charge in [-0.1, -0.05) is 60.7 Å². The molecule has 0 bridgehead atoms. The maximum absolute atomic E-state index is 11.8. The quantitative estimate of drug-likeness (QED) is 0.910. The molecule has 2 N–H and O–H groups in total. The van der Waals surface area contributed by atoms with Gasteiger partial charge in [-0.25, -0.2) is 4.79 Å². The third-order valence-corrected chi connectivity index (χ3v) is 4.07. The van der Waals surface area contributed by atoms with E-state index >= 15 is 0 Å². The zero-order chi connectivity index (χ0) is 15.4. The highest BCUT2D eigenvalue weighted by Gasteiger charge is 2.28. The van der Waals surface area contributed by atoms with Crippen LogP contribution in [0.3, 0.4) is 0 Å². The van der Waals surface area contributed by atoms with E-state index in [1.54, 1.807) is 0 Å². The van der Waals surface area contributed by atoms with E-state index in [0.717, 1.165) is 29.7 Å². The van der Waals surface area contributed by atoms with E-state index in [0.29, 0.717) is 12.0 Å². The fraction of sp³-hybridized carbons (Fsp3) is 0.211. The predicted octanol–water partition coefficient (Wildman–Crippen LogP) is 3.13. The number of hydrogen-bond donors (Lipinski definition) is 2. The minimum atomic E-state index is -0.827. The van der Waals surface area contributed by atoms with Crippen molar-refractivity contribution in [3.63, 3.8) is 0 Å². The maximum atomic E-state index is 11.8. The first-order chi connectivity index (χ1) is 10.8. The van der Waals surface area contributed by atoms with Gasteiger partial charge in [-0.15, -0.1) is 0 Å². The number of benzene rings is 2. The molecule has 3 nitrogen and oxygen atoms in total. The molecule has 1 heterocycles. The lowest BCUT2D eigenvalue weighted by molar-refractivity contribution is -0.133. The summed E-state index contributed by atoms with van der Waals surface area (Å²) < 4.78 is 0. The van der Waals surface area contributed by atoms with Gasteiger partial charge in [-0.3, -0.25) is 0 Å². The van der Waals surface area contributed by atoms with Gasteiger partial charge in [-0.2, -0.15) is 0 Å². The summed E-state index contributed by atoms with van der Waals surface area (Å²) in [5, 5.41) is 13.1. The van der Waals surface area contributed by atoms with Crippen molar-refractivity contribution in [1.82, 2.24) is 5.32 Å². The van der Waals surface area contributed by atoms with Gasteiger partial charge in [0.1, 0.15) is 0 Å². The Morgan fingerprint density at radius 3 is 2.32 bits per heavy atom. The van der Waals surface area contributed by atoms with Gasteiger partial charge >= 0.3 is 5.97 Å². The number of carboxylic acids is 1. The van der Waals surface area contributed by atoms with Gasteiger partial charge in [-0.05, 0) is 36.1 Å². The second-order valence-electron chi connectivity index (χ2n) is 5.51. The van der Waals surface area contributed by atoms with Gasteiger partial charge in [0.15, 0.2) is 0 Å². The highest BCUT2D eigenvalue weighted by atomic mass is 16.4. The number of carbonyl (C=O) groups is 1. The molecule has 0 amide bonds. The van der Waals surface area contributed by atoms with E-state index in [1.807, 2.05) is 60.7 Å². The van der Waals surface area contributed by atoms with Gasteiger partial charge in [0, 0.05) is 6.04 Å². The van der Waals surface area contributed by atoms with Crippen molar-refractivity contribution in [3.05, 3.63) is 77.4 Å². The normalized spacial score (nSPS) is 18.3. The molecule has 3 heteroatoms. The average Bonchev–Trinajstić information content (AvgIpc) is 2.56. The number of aliphatic carboxylic acids is 1. The average molecular weight is 293 g/mol. The van der Waals surface area contributed by atoms with Crippen LogP contribution in [0, 0.1) is 0 Å². The summed E-state index contributed by atoms with van der Waals surface area (Å²) in [7, 11) is 0. The summed E-state index contributed by atoms with van der Waals surface area (Å²) in [5.41, 5.74) is 3.61. The number of rotatable bonds is 4. The van der Waals surface area contributed by atoms with Crippen LogP contribution >= 0.6 is 0 Å². The van der Waals surface area contributed by atoms with Gasteiger partial charge in [0.25, 0.3) is 0 Å². The van der Waals surface area contributed by atoms with E-state index in [2.05, 4.69) is 5.32 Å². The molecular formula is C19H19NO2. The van der Waals surface area contributed by atoms with Gasteiger partial charge in [0.05, 0.1) is 5.57 Å². The van der Waals surface area contributed by atoms with Gasteiger partial charge < -0.3 is 10.4 Å². The van der Waals surface area contributed by atoms with Crippen LogP contribution in [-0.4, -0.2) is 23.7 Å². The fourth-order valence-electron chi connectivity index (χ4n) is 3.06. The summed E-state index contributed by atoms with van der Waals surface area (Å²) >= 11 is 0. The molecule has 1 aliphatic rings. The number of hydrogen-bond acceptors (Lipinski definition) is 2. The molecule has 0 saturated heterocycles. The Morgan fingerprint density at radius 1 is 1.05 bits per heavy atom. The minimum absolute atomic E-state index is 0.149. The molecule has 1 atom stereocenters. The summed E-state index contributed by atoms with van der Waals surface area (Å²) in [6.07, 6.45) is 1.44. The zero-order valence-corrected chi connectivity index (χ0v) is 12.3. The first-order valence-corrected chi connectivity index (χ1v) is 7.55. The molecule has 0 saturated carbocycles. The smallest absolute Gasteiger partial charge is 0.333 e. The molecule has 3 rings (SSSR count). The Kier molecular flexibility index (Phi) is 4.35. The van der Waals surface area contributed by atoms with Gasteiger partial charge in [0.2, 0.25) is 0 Å². The second kappa shape index (κ2) is 6.58. The van der Waals surface area contributed by atoms with E-state index in [4.69, 9.17) is 0 Å². The molecule has 0 spiro atoms. The zero-order valence-electron chi connectivity index (χ0n) is 12.3. The molecular weight excluding hydrogens is 274 g/mol. The van der Waals surface area contributed by atoms with Crippen LogP contribution in [0.15, 0.2) is 66.2 Å². The first kappa shape index (κ1) is 14.5. The number of carboxylic acid groups (broad SMARTS) is 1. The lowest BCUT2D eigenvalue weighted by Crippen LogP contribution is -2.40. The molecule has 22 heavy (non-hydrogen) atoms. The van der Waals surface area contributed by atoms with Crippen molar-refractivity contribution in [2.75, 3.05) is 6.54 Å². The van der Waals surface area contributed by atoms with Crippen LogP contribution < -0.4 is 5.32 Å². The summed E-state index contributed by atoms with van der Waals surface area (Å²) in [6.45, 7) is 0.804. The van der Waals surface area contributed by atoms with E-state index in [1.165, 1.54) is 0 Å². The highest BCUT2D eigenvalue weighted by molar-refractivity contribution is 5.98. The summed E-state index contributed by atoms with van der Waals surface area (Å²) in [5.74, 6) is -0.827. The van der Waals surface area contributed by atoms with Crippen molar-refractivity contribution < 1.29 is 9.90 Å².